The van der Waals surface area contributed by atoms with Gasteiger partial charge in [-0.1, -0.05) is 77.3 Å². The van der Waals surface area contributed by atoms with E-state index in [2.05, 4.69) is 84.0 Å². The average Bonchev–Trinajstić information content (AvgIpc) is 3.11. The first-order valence-corrected chi connectivity index (χ1v) is 17.0. The minimum atomic E-state index is -0.826. The molecule has 0 atom stereocenters. The van der Waals surface area contributed by atoms with E-state index < -0.39 is 20.8 Å². The Morgan fingerprint density at radius 2 is 1.48 bits per heavy atom. The van der Waals surface area contributed by atoms with E-state index in [1.165, 1.54) is 50.6 Å². The Hall–Kier alpha value is -0.487. The topological polar surface area (TPSA) is 0 Å². The maximum atomic E-state index is 4.93. The Bertz CT molecular complexity index is 896. The van der Waals surface area contributed by atoms with Crippen molar-refractivity contribution in [2.24, 2.45) is 0 Å². The molecule has 0 saturated heterocycles. The first kappa shape index (κ1) is 24.8. The average molecular weight is 508 g/mol. The molecule has 3 aromatic rings. The van der Waals surface area contributed by atoms with Gasteiger partial charge in [0.2, 0.25) is 0 Å². The van der Waals surface area contributed by atoms with Crippen molar-refractivity contribution >= 4 is 27.8 Å². The van der Waals surface area contributed by atoms with Crippen LogP contribution >= 0.6 is 17.0 Å². The van der Waals surface area contributed by atoms with Gasteiger partial charge >= 0.3 is 37.9 Å². The van der Waals surface area contributed by atoms with Gasteiger partial charge in [0.1, 0.15) is 0 Å². The quantitative estimate of drug-likeness (QED) is 0.292. The van der Waals surface area contributed by atoms with Crippen LogP contribution in [-0.2, 0) is 33.7 Å². The van der Waals surface area contributed by atoms with Crippen LogP contribution in [0.2, 0.25) is 0 Å². The summed E-state index contributed by atoms with van der Waals surface area (Å²) >= 11 is -0.826. The fourth-order valence-corrected chi connectivity index (χ4v) is 3.90. The van der Waals surface area contributed by atoms with Gasteiger partial charge in [-0.25, -0.2) is 0 Å². The van der Waals surface area contributed by atoms with Crippen LogP contribution in [0.1, 0.15) is 82.1 Å². The van der Waals surface area contributed by atoms with Crippen LogP contribution < -0.4 is 0 Å². The molecule has 3 aromatic carbocycles. The summed E-state index contributed by atoms with van der Waals surface area (Å²) in [7, 11) is 9.87. The van der Waals surface area contributed by atoms with Crippen molar-refractivity contribution in [3.63, 3.8) is 0 Å². The van der Waals surface area contributed by atoms with Crippen LogP contribution in [-0.4, -0.2) is 0 Å². The SMILES string of the molecule is CCCc1ccc2[cH-]c(CC)cc2c1-c1cc(C(C)C)cc(C(C)C)c1.[Cl][Zr][Cl]. The molecule has 0 spiro atoms. The van der Waals surface area contributed by atoms with Crippen LogP contribution in [0.4, 0.5) is 0 Å². The van der Waals surface area contributed by atoms with Gasteiger partial charge in [-0.3, -0.25) is 0 Å². The molecule has 0 nitrogen and oxygen atoms in total. The molecule has 0 aliphatic carbocycles. The zero-order chi connectivity index (χ0) is 21.6. The molecule has 0 heterocycles. The molecule has 3 heteroatoms. The predicted molar refractivity (Wildman–Crippen MR) is 128 cm³/mol. The summed E-state index contributed by atoms with van der Waals surface area (Å²) in [5.74, 6) is 1.10. The zero-order valence-corrected chi connectivity index (χ0v) is 22.5. The van der Waals surface area contributed by atoms with Gasteiger partial charge in [0, 0.05) is 0 Å². The third kappa shape index (κ3) is 6.25. The van der Waals surface area contributed by atoms with Gasteiger partial charge in [-0.05, 0) is 41.4 Å². The van der Waals surface area contributed by atoms with Crippen LogP contribution in [0.25, 0.3) is 21.9 Å². The van der Waals surface area contributed by atoms with Gasteiger partial charge < -0.3 is 0 Å². The second-order valence-electron chi connectivity index (χ2n) is 8.34. The second-order valence-corrected chi connectivity index (χ2v) is 12.1. The summed E-state index contributed by atoms with van der Waals surface area (Å²) in [6.07, 6.45) is 3.42. The third-order valence-electron chi connectivity index (χ3n) is 5.56. The number of hydrogen-bond donors (Lipinski definition) is 0. The molecule has 0 aliphatic heterocycles. The monoisotopic (exact) mass is 505 g/mol. The fourth-order valence-electron chi connectivity index (χ4n) is 3.90. The summed E-state index contributed by atoms with van der Waals surface area (Å²) < 4.78 is 0. The van der Waals surface area contributed by atoms with E-state index in [0.29, 0.717) is 11.8 Å². The van der Waals surface area contributed by atoms with Crippen molar-refractivity contribution in [1.82, 2.24) is 0 Å². The number of aryl methyl sites for hydroxylation is 2. The van der Waals surface area contributed by atoms with Crippen molar-refractivity contribution < 1.29 is 20.8 Å². The standard InChI is InChI=1S/C26H33.2ClH.Zr/c1-7-9-20-10-11-21-12-19(8-2)13-25(21)26(20)24-15-22(17(3)4)14-23(16-24)18(5)6;;;/h10-18H,7-9H2,1-6H3;2*1H;/q-1;;;+2/p-2. The molecule has 0 aliphatic rings. The summed E-state index contributed by atoms with van der Waals surface area (Å²) in [5, 5.41) is 2.82. The minimum absolute atomic E-state index is 0.548. The van der Waals surface area contributed by atoms with E-state index in [1.807, 2.05) is 0 Å². The molecule has 3 rings (SSSR count). The van der Waals surface area contributed by atoms with E-state index in [0.717, 1.165) is 12.8 Å². The molecular weight excluding hydrogens is 474 g/mol. The number of benzene rings is 2. The van der Waals surface area contributed by atoms with E-state index in [9.17, 15) is 0 Å². The number of hydrogen-bond acceptors (Lipinski definition) is 0. The Morgan fingerprint density at radius 3 is 1.97 bits per heavy atom. The Labute approximate surface area is 196 Å². The molecular formula is C26H33Cl2Zr-. The molecule has 0 radical (unpaired) electrons. The van der Waals surface area contributed by atoms with Crippen LogP contribution in [0.15, 0.2) is 42.5 Å². The van der Waals surface area contributed by atoms with Crippen molar-refractivity contribution in [1.29, 1.82) is 0 Å². The van der Waals surface area contributed by atoms with Crippen molar-refractivity contribution in [2.75, 3.05) is 0 Å². The van der Waals surface area contributed by atoms with Crippen LogP contribution in [0.5, 0.6) is 0 Å². The molecule has 0 saturated carbocycles. The van der Waals surface area contributed by atoms with Gasteiger partial charge in [0.25, 0.3) is 0 Å². The molecule has 0 unspecified atom stereocenters. The molecule has 0 fully saturated rings. The van der Waals surface area contributed by atoms with Crippen molar-refractivity contribution in [3.05, 3.63) is 64.7 Å². The van der Waals surface area contributed by atoms with Crippen molar-refractivity contribution in [3.8, 4) is 11.1 Å². The molecule has 156 valence electrons. The van der Waals surface area contributed by atoms with Crippen molar-refractivity contribution in [2.45, 2.75) is 72.6 Å². The first-order chi connectivity index (χ1) is 13.9. The molecule has 0 bridgehead atoms. The maximum absolute atomic E-state index is 4.93. The van der Waals surface area contributed by atoms with Crippen LogP contribution in [0, 0.1) is 0 Å². The zero-order valence-electron chi connectivity index (χ0n) is 18.6. The Morgan fingerprint density at radius 1 is 0.897 bits per heavy atom. The summed E-state index contributed by atoms with van der Waals surface area (Å²) in [6.45, 7) is 13.7. The summed E-state index contributed by atoms with van der Waals surface area (Å²) in [5.41, 5.74) is 8.71. The molecule has 29 heavy (non-hydrogen) atoms. The van der Waals surface area contributed by atoms with E-state index in [1.54, 1.807) is 0 Å². The number of fused-ring (bicyclic) bond motifs is 1. The summed E-state index contributed by atoms with van der Waals surface area (Å²) in [4.78, 5) is 0. The second kappa shape index (κ2) is 11.8. The van der Waals surface area contributed by atoms with E-state index >= 15 is 0 Å². The Kier molecular flexibility index (Phi) is 10.1. The number of halogens is 2. The van der Waals surface area contributed by atoms with Gasteiger partial charge in [0.05, 0.1) is 0 Å². The normalized spacial score (nSPS) is 11.1. The van der Waals surface area contributed by atoms with Gasteiger partial charge in [0.15, 0.2) is 0 Å². The van der Waals surface area contributed by atoms with Gasteiger partial charge in [-0.2, -0.15) is 6.07 Å². The van der Waals surface area contributed by atoms with E-state index in [4.69, 9.17) is 17.0 Å². The number of rotatable bonds is 6. The predicted octanol–water partition coefficient (Wildman–Crippen LogP) is 9.36. The fraction of sp³-hybridized carbons (Fsp3) is 0.423. The van der Waals surface area contributed by atoms with Gasteiger partial charge in [-0.15, -0.1) is 34.5 Å². The molecule has 0 N–H and O–H groups in total. The molecule has 0 amide bonds. The Balaban J connectivity index is 0.000000941. The molecule has 0 aromatic heterocycles. The van der Waals surface area contributed by atoms with E-state index in [-0.39, 0.29) is 0 Å². The summed E-state index contributed by atoms with van der Waals surface area (Å²) in [6, 6.07) is 16.7. The van der Waals surface area contributed by atoms with Crippen LogP contribution in [0.3, 0.4) is 0 Å². The third-order valence-corrected chi connectivity index (χ3v) is 5.56. The first-order valence-electron chi connectivity index (χ1n) is 10.7.